The maximum Gasteiger partial charge on any atom is 0.00698 e. The molecule has 0 amide bonds. The van der Waals surface area contributed by atoms with Gasteiger partial charge in [-0.2, -0.15) is 0 Å². The van der Waals surface area contributed by atoms with Crippen LogP contribution in [0.25, 0.3) is 0 Å². The van der Waals surface area contributed by atoms with Crippen LogP contribution < -0.4 is 5.32 Å². The molecule has 0 aromatic rings. The first-order valence-electron chi connectivity index (χ1n) is 9.81. The highest BCUT2D eigenvalue weighted by atomic mass is 15.0. The fourth-order valence-electron chi connectivity index (χ4n) is 4.62. The summed E-state index contributed by atoms with van der Waals surface area (Å²) in [6.45, 7) is 9.68. The average molecular weight is 294 g/mol. The van der Waals surface area contributed by atoms with Crippen molar-refractivity contribution in [3.05, 3.63) is 0 Å². The fourth-order valence-corrected chi connectivity index (χ4v) is 4.62. The van der Waals surface area contributed by atoms with Gasteiger partial charge >= 0.3 is 0 Å². The van der Waals surface area contributed by atoms with Gasteiger partial charge in [-0.05, 0) is 62.2 Å². The lowest BCUT2D eigenvalue weighted by molar-refractivity contribution is 0.133. The molecule has 0 aromatic heterocycles. The first kappa shape index (κ1) is 17.3. The number of rotatable bonds is 5. The van der Waals surface area contributed by atoms with Crippen LogP contribution in [0, 0.1) is 17.3 Å². The Morgan fingerprint density at radius 3 is 2.05 bits per heavy atom. The van der Waals surface area contributed by atoms with Crippen LogP contribution in [-0.4, -0.2) is 12.1 Å². The highest BCUT2D eigenvalue weighted by Crippen LogP contribution is 2.40. The topological polar surface area (TPSA) is 12.0 Å². The van der Waals surface area contributed by atoms with Crippen LogP contribution in [0.15, 0.2) is 0 Å². The second-order valence-corrected chi connectivity index (χ2v) is 8.54. The lowest BCUT2D eigenvalue weighted by Crippen LogP contribution is -2.42. The van der Waals surface area contributed by atoms with Gasteiger partial charge in [-0.25, -0.2) is 0 Å². The van der Waals surface area contributed by atoms with Gasteiger partial charge in [0, 0.05) is 12.1 Å². The molecule has 2 fully saturated rings. The van der Waals surface area contributed by atoms with E-state index >= 15 is 0 Å². The summed E-state index contributed by atoms with van der Waals surface area (Å²) in [5, 5.41) is 4.03. The highest BCUT2D eigenvalue weighted by molar-refractivity contribution is 4.87. The van der Waals surface area contributed by atoms with Gasteiger partial charge in [0.25, 0.3) is 0 Å². The Morgan fingerprint density at radius 1 is 0.810 bits per heavy atom. The largest absolute Gasteiger partial charge is 0.311 e. The minimum Gasteiger partial charge on any atom is -0.311 e. The maximum atomic E-state index is 4.03. The predicted molar refractivity (Wildman–Crippen MR) is 93.6 cm³/mol. The Bertz CT molecular complexity index is 288. The van der Waals surface area contributed by atoms with Crippen molar-refractivity contribution in [2.45, 2.75) is 110 Å². The molecule has 1 N–H and O–H groups in total. The number of hydrogen-bond acceptors (Lipinski definition) is 1. The van der Waals surface area contributed by atoms with Crippen molar-refractivity contribution in [1.29, 1.82) is 0 Å². The predicted octanol–water partition coefficient (Wildman–Crippen LogP) is 5.93. The smallest absolute Gasteiger partial charge is 0.00698 e. The summed E-state index contributed by atoms with van der Waals surface area (Å²) in [4.78, 5) is 0. The summed E-state index contributed by atoms with van der Waals surface area (Å²) in [6.07, 6.45) is 15.7. The molecular weight excluding hydrogens is 254 g/mol. The van der Waals surface area contributed by atoms with E-state index in [0.29, 0.717) is 5.41 Å². The Morgan fingerprint density at radius 2 is 1.43 bits per heavy atom. The first-order chi connectivity index (χ1) is 10.0. The zero-order chi connectivity index (χ0) is 15.3. The Balaban J connectivity index is 1.73. The summed E-state index contributed by atoms with van der Waals surface area (Å²) in [5.41, 5.74) is 0.557. The molecule has 0 heterocycles. The quantitative estimate of drug-likeness (QED) is 0.619. The zero-order valence-corrected chi connectivity index (χ0v) is 15.1. The molecule has 0 aliphatic heterocycles. The summed E-state index contributed by atoms with van der Waals surface area (Å²) < 4.78 is 0. The fraction of sp³-hybridized carbons (Fsp3) is 1.00. The van der Waals surface area contributed by atoms with Gasteiger partial charge in [-0.3, -0.25) is 0 Å². The SMILES string of the molecule is CCC1CCCC(NC2CCC(C(C)(C)CC)CC2)CC1. The molecule has 1 nitrogen and oxygen atoms in total. The number of hydrogen-bond donors (Lipinski definition) is 1. The summed E-state index contributed by atoms with van der Waals surface area (Å²) >= 11 is 0. The van der Waals surface area contributed by atoms with Gasteiger partial charge in [-0.15, -0.1) is 0 Å². The molecule has 1 heteroatoms. The third-order valence-corrected chi connectivity index (χ3v) is 6.88. The van der Waals surface area contributed by atoms with Crippen LogP contribution in [0.4, 0.5) is 0 Å². The van der Waals surface area contributed by atoms with E-state index in [4.69, 9.17) is 0 Å². The average Bonchev–Trinajstić information content (AvgIpc) is 2.73. The van der Waals surface area contributed by atoms with Crippen molar-refractivity contribution < 1.29 is 0 Å². The number of nitrogens with one attached hydrogen (secondary N) is 1. The van der Waals surface area contributed by atoms with E-state index in [0.717, 1.165) is 23.9 Å². The van der Waals surface area contributed by atoms with E-state index < -0.39 is 0 Å². The van der Waals surface area contributed by atoms with E-state index in [9.17, 15) is 0 Å². The molecule has 0 bridgehead atoms. The molecular formula is C20H39N. The standard InChI is InChI=1S/C20H39N/c1-5-16-8-7-9-18(13-10-16)21-19-14-11-17(12-15-19)20(3,4)6-2/h16-19,21H,5-15H2,1-4H3. The van der Waals surface area contributed by atoms with Gasteiger partial charge in [0.05, 0.1) is 0 Å². The van der Waals surface area contributed by atoms with Crippen molar-refractivity contribution in [3.8, 4) is 0 Å². The molecule has 2 aliphatic carbocycles. The van der Waals surface area contributed by atoms with E-state index in [1.807, 2.05) is 0 Å². The minimum atomic E-state index is 0.557. The third-order valence-electron chi connectivity index (χ3n) is 6.88. The normalized spacial score (nSPS) is 35.4. The van der Waals surface area contributed by atoms with Gasteiger partial charge in [-0.1, -0.05) is 53.4 Å². The second kappa shape index (κ2) is 7.99. The van der Waals surface area contributed by atoms with Crippen molar-refractivity contribution in [1.82, 2.24) is 5.32 Å². The van der Waals surface area contributed by atoms with Gasteiger partial charge < -0.3 is 5.32 Å². The molecule has 124 valence electrons. The molecule has 2 unspecified atom stereocenters. The van der Waals surface area contributed by atoms with Crippen LogP contribution in [0.1, 0.15) is 98.3 Å². The van der Waals surface area contributed by atoms with Crippen LogP contribution in [0.3, 0.4) is 0 Å². The first-order valence-corrected chi connectivity index (χ1v) is 9.81. The maximum absolute atomic E-state index is 4.03. The Hall–Kier alpha value is -0.0400. The van der Waals surface area contributed by atoms with Crippen LogP contribution >= 0.6 is 0 Å². The van der Waals surface area contributed by atoms with Crippen molar-refractivity contribution in [2.75, 3.05) is 0 Å². The van der Waals surface area contributed by atoms with E-state index in [1.54, 1.807) is 0 Å². The molecule has 21 heavy (non-hydrogen) atoms. The van der Waals surface area contributed by atoms with Crippen LogP contribution in [-0.2, 0) is 0 Å². The molecule has 0 radical (unpaired) electrons. The molecule has 2 aliphatic rings. The van der Waals surface area contributed by atoms with Gasteiger partial charge in [0.1, 0.15) is 0 Å². The molecule has 2 saturated carbocycles. The van der Waals surface area contributed by atoms with Crippen LogP contribution in [0.2, 0.25) is 0 Å². The van der Waals surface area contributed by atoms with Crippen molar-refractivity contribution in [2.24, 2.45) is 17.3 Å². The molecule has 0 aromatic carbocycles. The van der Waals surface area contributed by atoms with Crippen molar-refractivity contribution >= 4 is 0 Å². The summed E-state index contributed by atoms with van der Waals surface area (Å²) in [7, 11) is 0. The lowest BCUT2D eigenvalue weighted by Gasteiger charge is -2.40. The summed E-state index contributed by atoms with van der Waals surface area (Å²) in [6, 6.07) is 1.64. The molecule has 0 saturated heterocycles. The third kappa shape index (κ3) is 4.98. The molecule has 2 rings (SSSR count). The van der Waals surface area contributed by atoms with Crippen molar-refractivity contribution in [3.63, 3.8) is 0 Å². The summed E-state index contributed by atoms with van der Waals surface area (Å²) in [5.74, 6) is 1.97. The lowest BCUT2D eigenvalue weighted by atomic mass is 9.69. The van der Waals surface area contributed by atoms with Gasteiger partial charge in [0.2, 0.25) is 0 Å². The monoisotopic (exact) mass is 293 g/mol. The minimum absolute atomic E-state index is 0.557. The van der Waals surface area contributed by atoms with Gasteiger partial charge in [0.15, 0.2) is 0 Å². The Labute approximate surface area is 133 Å². The van der Waals surface area contributed by atoms with Crippen LogP contribution in [0.5, 0.6) is 0 Å². The molecule has 0 spiro atoms. The zero-order valence-electron chi connectivity index (χ0n) is 15.1. The highest BCUT2D eigenvalue weighted by Gasteiger charge is 2.32. The van der Waals surface area contributed by atoms with E-state index in [-0.39, 0.29) is 0 Å². The van der Waals surface area contributed by atoms with E-state index in [1.165, 1.54) is 70.6 Å². The Kier molecular flexibility index (Phi) is 6.59. The van der Waals surface area contributed by atoms with E-state index in [2.05, 4.69) is 33.0 Å². The molecule has 2 atom stereocenters. The second-order valence-electron chi connectivity index (χ2n) is 8.54.